The predicted molar refractivity (Wildman–Crippen MR) is 95.3 cm³/mol. The Morgan fingerprint density at radius 2 is 1.92 bits per heavy atom. The van der Waals surface area contributed by atoms with Crippen molar-refractivity contribution in [3.63, 3.8) is 0 Å². The first-order valence-corrected chi connectivity index (χ1v) is 8.65. The number of hydrogen-bond donors (Lipinski definition) is 1. The van der Waals surface area contributed by atoms with Crippen molar-refractivity contribution in [2.75, 3.05) is 13.2 Å². The van der Waals surface area contributed by atoms with E-state index in [1.165, 1.54) is 5.56 Å². The molecule has 1 aliphatic heterocycles. The molecule has 1 amide bonds. The molecule has 5 nitrogen and oxygen atoms in total. The summed E-state index contributed by atoms with van der Waals surface area (Å²) in [5.41, 5.74) is 6.93. The number of nitrogens with two attached hydrogens (primary N) is 1. The summed E-state index contributed by atoms with van der Waals surface area (Å²) in [5, 5.41) is 0. The lowest BCUT2D eigenvalue weighted by molar-refractivity contribution is 0.0179. The number of likely N-dealkylation sites (tertiary alicyclic amines) is 1. The van der Waals surface area contributed by atoms with Crippen LogP contribution in [-0.2, 0) is 4.74 Å². The highest BCUT2D eigenvalue weighted by molar-refractivity contribution is 5.69. The van der Waals surface area contributed by atoms with Crippen LogP contribution in [0, 0.1) is 0 Å². The Hall–Kier alpha value is -1.75. The standard InChI is InChI=1S/C19H30N2O3/c1-13(2)14-6-8-15(9-7-14)23-12-17-16(20)10-11-21(17)18(22)24-19(3,4)5/h6-9,13,16-17H,10-12,20H2,1-5H3/t16-,17?/m0/s1. The van der Waals surface area contributed by atoms with Gasteiger partial charge in [-0.05, 0) is 50.8 Å². The first kappa shape index (κ1) is 18.6. The number of benzene rings is 1. The minimum atomic E-state index is -0.512. The maximum atomic E-state index is 12.3. The van der Waals surface area contributed by atoms with Crippen molar-refractivity contribution in [2.24, 2.45) is 5.73 Å². The average Bonchev–Trinajstić information content (AvgIpc) is 2.85. The zero-order valence-electron chi connectivity index (χ0n) is 15.4. The molecule has 0 bridgehead atoms. The molecule has 1 unspecified atom stereocenters. The molecule has 5 heteroatoms. The zero-order chi connectivity index (χ0) is 17.9. The molecule has 1 heterocycles. The van der Waals surface area contributed by atoms with Crippen LogP contribution in [0.25, 0.3) is 0 Å². The van der Waals surface area contributed by atoms with Crippen LogP contribution in [0.4, 0.5) is 4.79 Å². The number of ether oxygens (including phenoxy) is 2. The van der Waals surface area contributed by atoms with Gasteiger partial charge in [-0.15, -0.1) is 0 Å². The molecule has 2 N–H and O–H groups in total. The summed E-state index contributed by atoms with van der Waals surface area (Å²) in [5.74, 6) is 1.28. The van der Waals surface area contributed by atoms with Gasteiger partial charge in [-0.2, -0.15) is 0 Å². The summed E-state index contributed by atoms with van der Waals surface area (Å²) in [6.07, 6.45) is 0.443. The van der Waals surface area contributed by atoms with Gasteiger partial charge in [-0.1, -0.05) is 26.0 Å². The SMILES string of the molecule is CC(C)c1ccc(OCC2[C@@H](N)CCN2C(=O)OC(C)(C)C)cc1. The van der Waals surface area contributed by atoms with E-state index < -0.39 is 5.60 Å². The summed E-state index contributed by atoms with van der Waals surface area (Å²) in [4.78, 5) is 14.0. The summed E-state index contributed by atoms with van der Waals surface area (Å²) in [6, 6.07) is 7.82. The van der Waals surface area contributed by atoms with Gasteiger partial charge in [0.25, 0.3) is 0 Å². The Bertz CT molecular complexity index is 549. The summed E-state index contributed by atoms with van der Waals surface area (Å²) >= 11 is 0. The molecule has 0 saturated carbocycles. The van der Waals surface area contributed by atoms with Gasteiger partial charge in [0.1, 0.15) is 18.0 Å². The molecule has 0 radical (unpaired) electrons. The van der Waals surface area contributed by atoms with Gasteiger partial charge in [-0.3, -0.25) is 0 Å². The van der Waals surface area contributed by atoms with E-state index in [2.05, 4.69) is 26.0 Å². The van der Waals surface area contributed by atoms with E-state index in [9.17, 15) is 4.79 Å². The Balaban J connectivity index is 1.97. The fourth-order valence-electron chi connectivity index (χ4n) is 2.77. The predicted octanol–water partition coefficient (Wildman–Crippen LogP) is 3.53. The maximum absolute atomic E-state index is 12.3. The smallest absolute Gasteiger partial charge is 0.410 e. The van der Waals surface area contributed by atoms with Crippen LogP contribution in [0.2, 0.25) is 0 Å². The molecule has 0 aromatic heterocycles. The third-order valence-electron chi connectivity index (χ3n) is 4.19. The monoisotopic (exact) mass is 334 g/mol. The van der Waals surface area contributed by atoms with Crippen molar-refractivity contribution in [3.05, 3.63) is 29.8 Å². The molecule has 1 saturated heterocycles. The number of nitrogens with zero attached hydrogens (tertiary/aromatic N) is 1. The molecule has 1 aliphatic rings. The molecule has 1 fully saturated rings. The Labute approximate surface area is 145 Å². The summed E-state index contributed by atoms with van der Waals surface area (Å²) in [6.45, 7) is 10.9. The minimum absolute atomic E-state index is 0.0903. The number of carbonyl (C=O) groups excluding carboxylic acids is 1. The highest BCUT2D eigenvalue weighted by Crippen LogP contribution is 2.23. The molecule has 2 atom stereocenters. The first-order valence-electron chi connectivity index (χ1n) is 8.65. The van der Waals surface area contributed by atoms with Gasteiger partial charge in [0.05, 0.1) is 6.04 Å². The number of rotatable bonds is 4. The maximum Gasteiger partial charge on any atom is 0.410 e. The molecular formula is C19H30N2O3. The summed E-state index contributed by atoms with van der Waals surface area (Å²) in [7, 11) is 0. The van der Waals surface area contributed by atoms with E-state index in [1.54, 1.807) is 4.90 Å². The third-order valence-corrected chi connectivity index (χ3v) is 4.19. The van der Waals surface area contributed by atoms with Crippen molar-refractivity contribution < 1.29 is 14.3 Å². The Morgan fingerprint density at radius 3 is 2.46 bits per heavy atom. The second-order valence-corrected chi connectivity index (χ2v) is 7.73. The van der Waals surface area contributed by atoms with E-state index in [4.69, 9.17) is 15.2 Å². The second kappa shape index (κ2) is 7.43. The first-order chi connectivity index (χ1) is 11.2. The zero-order valence-corrected chi connectivity index (χ0v) is 15.4. The van der Waals surface area contributed by atoms with Crippen LogP contribution in [0.15, 0.2) is 24.3 Å². The van der Waals surface area contributed by atoms with Crippen molar-refractivity contribution in [1.29, 1.82) is 0 Å². The molecule has 134 valence electrons. The lowest BCUT2D eigenvalue weighted by atomic mass is 10.0. The van der Waals surface area contributed by atoms with E-state index in [-0.39, 0.29) is 18.2 Å². The van der Waals surface area contributed by atoms with Crippen molar-refractivity contribution in [1.82, 2.24) is 4.90 Å². The lowest BCUT2D eigenvalue weighted by Crippen LogP contribution is -2.47. The molecule has 24 heavy (non-hydrogen) atoms. The van der Waals surface area contributed by atoms with Crippen LogP contribution in [0.3, 0.4) is 0 Å². The van der Waals surface area contributed by atoms with Crippen LogP contribution in [0.5, 0.6) is 5.75 Å². The lowest BCUT2D eigenvalue weighted by Gasteiger charge is -2.29. The molecule has 0 aliphatic carbocycles. The second-order valence-electron chi connectivity index (χ2n) is 7.73. The largest absolute Gasteiger partial charge is 0.491 e. The van der Waals surface area contributed by atoms with Gasteiger partial charge in [0.2, 0.25) is 0 Å². The van der Waals surface area contributed by atoms with Crippen LogP contribution in [-0.4, -0.2) is 41.8 Å². The molecule has 0 spiro atoms. The Kier molecular flexibility index (Phi) is 5.75. The quantitative estimate of drug-likeness (QED) is 0.915. The van der Waals surface area contributed by atoms with Gasteiger partial charge >= 0.3 is 6.09 Å². The molecule has 1 aromatic rings. The fraction of sp³-hybridized carbons (Fsp3) is 0.632. The molecule has 1 aromatic carbocycles. The van der Waals surface area contributed by atoms with Gasteiger partial charge < -0.3 is 20.1 Å². The molecule has 2 rings (SSSR count). The van der Waals surface area contributed by atoms with Crippen molar-refractivity contribution >= 4 is 6.09 Å². The highest BCUT2D eigenvalue weighted by Gasteiger charge is 2.37. The normalized spacial score (nSPS) is 21.2. The summed E-state index contributed by atoms with van der Waals surface area (Å²) < 4.78 is 11.3. The van der Waals surface area contributed by atoms with Crippen LogP contribution < -0.4 is 10.5 Å². The third kappa shape index (κ3) is 4.87. The number of hydrogen-bond acceptors (Lipinski definition) is 4. The van der Waals surface area contributed by atoms with Gasteiger partial charge in [0, 0.05) is 12.6 Å². The average molecular weight is 334 g/mol. The minimum Gasteiger partial charge on any atom is -0.491 e. The van der Waals surface area contributed by atoms with Crippen LogP contribution in [0.1, 0.15) is 52.5 Å². The fourth-order valence-corrected chi connectivity index (χ4v) is 2.77. The molecular weight excluding hydrogens is 304 g/mol. The van der Waals surface area contributed by atoms with Gasteiger partial charge in [0.15, 0.2) is 0 Å². The van der Waals surface area contributed by atoms with E-state index in [1.807, 2.05) is 32.9 Å². The van der Waals surface area contributed by atoms with Crippen molar-refractivity contribution in [2.45, 2.75) is 64.6 Å². The highest BCUT2D eigenvalue weighted by atomic mass is 16.6. The van der Waals surface area contributed by atoms with E-state index in [0.29, 0.717) is 19.1 Å². The number of carbonyl (C=O) groups is 1. The van der Waals surface area contributed by atoms with E-state index >= 15 is 0 Å². The van der Waals surface area contributed by atoms with E-state index in [0.717, 1.165) is 12.2 Å². The topological polar surface area (TPSA) is 64.8 Å². The number of amides is 1. The van der Waals surface area contributed by atoms with Gasteiger partial charge in [-0.25, -0.2) is 4.79 Å². The van der Waals surface area contributed by atoms with Crippen molar-refractivity contribution in [3.8, 4) is 5.75 Å². The van der Waals surface area contributed by atoms with Crippen LogP contribution >= 0.6 is 0 Å². The Morgan fingerprint density at radius 1 is 1.29 bits per heavy atom.